The third-order valence-electron chi connectivity index (χ3n) is 5.65. The highest BCUT2D eigenvalue weighted by atomic mass is 32.1. The molecule has 1 N–H and O–H groups in total. The van der Waals surface area contributed by atoms with Gasteiger partial charge in [-0.1, -0.05) is 19.8 Å². The van der Waals surface area contributed by atoms with E-state index in [9.17, 15) is 4.79 Å². The predicted molar refractivity (Wildman–Crippen MR) is 85.1 cm³/mol. The quantitative estimate of drug-likeness (QED) is 0.927. The fourth-order valence-electron chi connectivity index (χ4n) is 4.04. The summed E-state index contributed by atoms with van der Waals surface area (Å²) >= 11 is 1.82. The molecule has 1 aromatic rings. The molecule has 114 valence electrons. The van der Waals surface area contributed by atoms with Crippen molar-refractivity contribution in [3.05, 3.63) is 21.9 Å². The van der Waals surface area contributed by atoms with Crippen LogP contribution < -0.4 is 5.32 Å². The SMILES string of the molecule is Cc1ccc(C2NC3(CC3)C(=O)N2CC2CCCC2C)s1. The Morgan fingerprint density at radius 1 is 1.38 bits per heavy atom. The van der Waals surface area contributed by atoms with Crippen LogP contribution in [0.1, 0.15) is 54.9 Å². The lowest BCUT2D eigenvalue weighted by Crippen LogP contribution is -2.36. The molecule has 0 bridgehead atoms. The molecule has 3 fully saturated rings. The van der Waals surface area contributed by atoms with Crippen LogP contribution in [-0.4, -0.2) is 22.9 Å². The number of hydrogen-bond acceptors (Lipinski definition) is 3. The lowest BCUT2D eigenvalue weighted by molar-refractivity contribution is -0.131. The Kier molecular flexibility index (Phi) is 3.16. The highest BCUT2D eigenvalue weighted by molar-refractivity contribution is 7.12. The monoisotopic (exact) mass is 304 g/mol. The second-order valence-electron chi connectivity index (χ2n) is 7.20. The molecule has 2 saturated carbocycles. The Labute approximate surface area is 130 Å². The molecule has 0 radical (unpaired) electrons. The molecule has 1 amide bonds. The summed E-state index contributed by atoms with van der Waals surface area (Å²) in [6.45, 7) is 5.43. The van der Waals surface area contributed by atoms with Crippen molar-refractivity contribution < 1.29 is 4.79 Å². The van der Waals surface area contributed by atoms with Crippen molar-refractivity contribution in [2.24, 2.45) is 11.8 Å². The van der Waals surface area contributed by atoms with Crippen LogP contribution in [0.4, 0.5) is 0 Å². The van der Waals surface area contributed by atoms with Gasteiger partial charge < -0.3 is 4.90 Å². The molecule has 1 aromatic heterocycles. The van der Waals surface area contributed by atoms with E-state index in [4.69, 9.17) is 0 Å². The van der Waals surface area contributed by atoms with Crippen molar-refractivity contribution in [3.8, 4) is 0 Å². The zero-order valence-corrected chi connectivity index (χ0v) is 13.7. The van der Waals surface area contributed by atoms with Gasteiger partial charge in [0.05, 0.1) is 0 Å². The highest BCUT2D eigenvalue weighted by Gasteiger charge is 2.59. The van der Waals surface area contributed by atoms with Gasteiger partial charge in [0.25, 0.3) is 0 Å². The number of amides is 1. The van der Waals surface area contributed by atoms with Gasteiger partial charge in [-0.15, -0.1) is 11.3 Å². The van der Waals surface area contributed by atoms with E-state index in [0.717, 1.165) is 25.3 Å². The first-order chi connectivity index (χ1) is 10.1. The molecule has 1 saturated heterocycles. The molecule has 3 atom stereocenters. The zero-order valence-electron chi connectivity index (χ0n) is 12.9. The highest BCUT2D eigenvalue weighted by Crippen LogP contribution is 2.48. The minimum Gasteiger partial charge on any atom is -0.320 e. The molecule has 21 heavy (non-hydrogen) atoms. The molecule has 2 heterocycles. The van der Waals surface area contributed by atoms with Crippen molar-refractivity contribution in [1.82, 2.24) is 10.2 Å². The molecule has 4 rings (SSSR count). The largest absolute Gasteiger partial charge is 0.320 e. The number of rotatable bonds is 3. The molecule has 1 spiro atoms. The van der Waals surface area contributed by atoms with Crippen LogP contribution in [0.2, 0.25) is 0 Å². The average molecular weight is 304 g/mol. The first-order valence-corrected chi connectivity index (χ1v) is 9.06. The number of hydrogen-bond donors (Lipinski definition) is 1. The minimum atomic E-state index is -0.204. The van der Waals surface area contributed by atoms with E-state index in [-0.39, 0.29) is 11.7 Å². The van der Waals surface area contributed by atoms with E-state index in [1.54, 1.807) is 0 Å². The standard InChI is InChI=1S/C17H24N2OS/c1-11-4-3-5-13(11)10-19-15(14-7-6-12(2)21-14)18-17(8-9-17)16(19)20/h6-7,11,13,15,18H,3-5,8-10H2,1-2H3. The zero-order chi connectivity index (χ0) is 14.6. The Bertz CT molecular complexity index is 563. The Hall–Kier alpha value is -0.870. The van der Waals surface area contributed by atoms with E-state index in [1.165, 1.54) is 29.0 Å². The van der Waals surface area contributed by atoms with E-state index >= 15 is 0 Å². The van der Waals surface area contributed by atoms with Gasteiger partial charge in [-0.25, -0.2) is 0 Å². The number of nitrogens with one attached hydrogen (secondary N) is 1. The van der Waals surface area contributed by atoms with Crippen LogP contribution in [0, 0.1) is 18.8 Å². The summed E-state index contributed by atoms with van der Waals surface area (Å²) in [7, 11) is 0. The number of thiophene rings is 1. The molecule has 0 aromatic carbocycles. The molecule has 2 aliphatic carbocycles. The third-order valence-corrected chi connectivity index (χ3v) is 6.70. The Morgan fingerprint density at radius 3 is 2.76 bits per heavy atom. The summed E-state index contributed by atoms with van der Waals surface area (Å²) < 4.78 is 0. The van der Waals surface area contributed by atoms with Gasteiger partial charge in [0, 0.05) is 16.3 Å². The average Bonchev–Trinajstić information content (AvgIpc) is 2.80. The van der Waals surface area contributed by atoms with Gasteiger partial charge >= 0.3 is 0 Å². The maximum absolute atomic E-state index is 12.8. The van der Waals surface area contributed by atoms with Crippen LogP contribution in [-0.2, 0) is 4.79 Å². The molecule has 3 aliphatic rings. The van der Waals surface area contributed by atoms with Crippen LogP contribution in [0.3, 0.4) is 0 Å². The summed E-state index contributed by atoms with van der Waals surface area (Å²) in [4.78, 5) is 17.6. The fraction of sp³-hybridized carbons (Fsp3) is 0.706. The van der Waals surface area contributed by atoms with Gasteiger partial charge in [0.2, 0.25) is 5.91 Å². The second kappa shape index (κ2) is 4.82. The van der Waals surface area contributed by atoms with E-state index in [1.807, 2.05) is 11.3 Å². The molecular weight excluding hydrogens is 280 g/mol. The minimum absolute atomic E-state index is 0.117. The number of carbonyl (C=O) groups excluding carboxylic acids is 1. The van der Waals surface area contributed by atoms with Gasteiger partial charge in [-0.3, -0.25) is 10.1 Å². The van der Waals surface area contributed by atoms with Crippen LogP contribution >= 0.6 is 11.3 Å². The maximum Gasteiger partial charge on any atom is 0.244 e. The molecule has 3 nitrogen and oxygen atoms in total. The molecule has 1 aliphatic heterocycles. The van der Waals surface area contributed by atoms with E-state index in [2.05, 4.69) is 36.2 Å². The maximum atomic E-state index is 12.8. The Balaban J connectivity index is 1.59. The summed E-state index contributed by atoms with van der Waals surface area (Å²) in [5.74, 6) is 1.81. The van der Waals surface area contributed by atoms with Crippen molar-refractivity contribution in [1.29, 1.82) is 0 Å². The molecule has 3 unspecified atom stereocenters. The van der Waals surface area contributed by atoms with Gasteiger partial charge in [0.15, 0.2) is 0 Å². The number of carbonyl (C=O) groups is 1. The van der Waals surface area contributed by atoms with Crippen LogP contribution in [0.15, 0.2) is 12.1 Å². The molecular formula is C17H24N2OS. The lowest BCUT2D eigenvalue weighted by Gasteiger charge is -2.28. The van der Waals surface area contributed by atoms with Crippen molar-refractivity contribution in [2.45, 2.75) is 57.7 Å². The summed E-state index contributed by atoms with van der Waals surface area (Å²) in [6.07, 6.45) is 6.09. The first kappa shape index (κ1) is 13.8. The number of nitrogens with zero attached hydrogens (tertiary/aromatic N) is 1. The van der Waals surface area contributed by atoms with Crippen LogP contribution in [0.5, 0.6) is 0 Å². The topological polar surface area (TPSA) is 32.3 Å². The van der Waals surface area contributed by atoms with Crippen molar-refractivity contribution >= 4 is 17.2 Å². The van der Waals surface area contributed by atoms with Crippen molar-refractivity contribution in [2.75, 3.05) is 6.54 Å². The van der Waals surface area contributed by atoms with E-state index < -0.39 is 0 Å². The van der Waals surface area contributed by atoms with Gasteiger partial charge in [0.1, 0.15) is 11.7 Å². The lowest BCUT2D eigenvalue weighted by atomic mass is 9.97. The summed E-state index contributed by atoms with van der Waals surface area (Å²) in [5, 5.41) is 3.65. The first-order valence-electron chi connectivity index (χ1n) is 8.24. The summed E-state index contributed by atoms with van der Waals surface area (Å²) in [5.41, 5.74) is -0.204. The summed E-state index contributed by atoms with van der Waals surface area (Å²) in [6, 6.07) is 4.36. The Morgan fingerprint density at radius 2 is 2.19 bits per heavy atom. The second-order valence-corrected chi connectivity index (χ2v) is 8.52. The van der Waals surface area contributed by atoms with Crippen molar-refractivity contribution in [3.63, 3.8) is 0 Å². The smallest absolute Gasteiger partial charge is 0.244 e. The number of aryl methyl sites for hydroxylation is 1. The van der Waals surface area contributed by atoms with Crippen LogP contribution in [0.25, 0.3) is 0 Å². The molecule has 4 heteroatoms. The van der Waals surface area contributed by atoms with E-state index in [0.29, 0.717) is 11.8 Å². The predicted octanol–water partition coefficient (Wildman–Crippen LogP) is 3.46. The normalized spacial score (nSPS) is 34.1. The fourth-order valence-corrected chi connectivity index (χ4v) is 4.98. The van der Waals surface area contributed by atoms with Gasteiger partial charge in [-0.2, -0.15) is 0 Å². The van der Waals surface area contributed by atoms with Gasteiger partial charge in [-0.05, 0) is 50.2 Å². The third kappa shape index (κ3) is 2.23.